The molecule has 0 atom stereocenters. The maximum atomic E-state index is 3.72. The number of rotatable bonds is 0. The molecule has 0 aliphatic heterocycles. The summed E-state index contributed by atoms with van der Waals surface area (Å²) in [6, 6.07) is 20.7. The first-order valence-corrected chi connectivity index (χ1v) is 4.59. The second-order valence-electron chi connectivity index (χ2n) is 3.06. The quantitative estimate of drug-likeness (QED) is 0.641. The van der Waals surface area contributed by atoms with Gasteiger partial charge in [-0.3, -0.25) is 0 Å². The third kappa shape index (κ3) is 7.36. The predicted octanol–water partition coefficient (Wildman–Crippen LogP) is 3.66. The smallest absolute Gasteiger partial charge is 0 e. The van der Waals surface area contributed by atoms with Crippen LogP contribution in [-0.2, 0) is 32.7 Å². The van der Waals surface area contributed by atoms with Crippen LogP contribution in [-0.4, -0.2) is 0 Å². The van der Waals surface area contributed by atoms with Gasteiger partial charge in [-0.1, -0.05) is 13.0 Å². The molecule has 75 valence electrons. The van der Waals surface area contributed by atoms with E-state index >= 15 is 0 Å². The van der Waals surface area contributed by atoms with Crippen molar-refractivity contribution < 1.29 is 32.7 Å². The average Bonchev–Trinajstić information content (AvgIpc) is 2.21. The monoisotopic (exact) mass is 271 g/mol. The Morgan fingerprint density at radius 3 is 1.73 bits per heavy atom. The number of aryl methyl sites for hydroxylation is 1. The van der Waals surface area contributed by atoms with Crippen LogP contribution in [0.15, 0.2) is 54.6 Å². The minimum absolute atomic E-state index is 0. The summed E-state index contributed by atoms with van der Waals surface area (Å²) in [6.07, 6.45) is 0. The molecule has 0 N–H and O–H groups in total. The zero-order valence-electron chi connectivity index (χ0n) is 8.98. The standard InChI is InChI=1S/2C7H7.Y/c2*1-7-5-3-2-4-6-7;/h3-6H,1H3;2-6H,1H2;/q2*-1;. The molecule has 0 aliphatic rings. The summed E-state index contributed by atoms with van der Waals surface area (Å²) >= 11 is 0. The summed E-state index contributed by atoms with van der Waals surface area (Å²) in [6.45, 7) is 5.78. The number of benzene rings is 2. The van der Waals surface area contributed by atoms with Crippen molar-refractivity contribution >= 4 is 0 Å². The SMILES string of the molecule is Cc1cc[c-]cc1.[CH2-]c1ccccc1.[Y]. The molecule has 0 bridgehead atoms. The molecule has 2 aromatic rings. The fourth-order valence-corrected chi connectivity index (χ4v) is 0.948. The van der Waals surface area contributed by atoms with Crippen molar-refractivity contribution in [2.75, 3.05) is 0 Å². The van der Waals surface area contributed by atoms with Gasteiger partial charge in [-0.05, 0) is 0 Å². The van der Waals surface area contributed by atoms with Crippen LogP contribution in [0.4, 0.5) is 0 Å². The van der Waals surface area contributed by atoms with E-state index < -0.39 is 0 Å². The Bertz CT molecular complexity index is 303. The fourth-order valence-electron chi connectivity index (χ4n) is 0.948. The normalized spacial score (nSPS) is 8.07. The van der Waals surface area contributed by atoms with Crippen LogP contribution in [0, 0.1) is 19.9 Å². The molecule has 0 fully saturated rings. The first-order valence-electron chi connectivity index (χ1n) is 4.59. The second kappa shape index (κ2) is 8.70. The maximum absolute atomic E-state index is 3.72. The van der Waals surface area contributed by atoms with Crippen molar-refractivity contribution in [1.82, 2.24) is 0 Å². The van der Waals surface area contributed by atoms with Crippen LogP contribution in [0.1, 0.15) is 11.1 Å². The molecule has 0 unspecified atom stereocenters. The van der Waals surface area contributed by atoms with Crippen LogP contribution in [0.5, 0.6) is 0 Å². The molecule has 0 amide bonds. The molecule has 2 rings (SSSR count). The van der Waals surface area contributed by atoms with Crippen molar-refractivity contribution in [3.05, 3.63) is 78.7 Å². The van der Waals surface area contributed by atoms with E-state index in [0.717, 1.165) is 5.56 Å². The van der Waals surface area contributed by atoms with Gasteiger partial charge in [0.25, 0.3) is 0 Å². The summed E-state index contributed by atoms with van der Waals surface area (Å²) in [7, 11) is 0. The van der Waals surface area contributed by atoms with E-state index in [2.05, 4.69) is 19.9 Å². The Balaban J connectivity index is 0.000000245. The molecule has 0 aliphatic carbocycles. The molecule has 0 nitrogen and oxygen atoms in total. The Morgan fingerprint density at radius 1 is 0.933 bits per heavy atom. The summed E-state index contributed by atoms with van der Waals surface area (Å²) in [5.74, 6) is 0. The summed E-state index contributed by atoms with van der Waals surface area (Å²) < 4.78 is 0. The van der Waals surface area contributed by atoms with E-state index in [1.54, 1.807) is 0 Å². The second-order valence-corrected chi connectivity index (χ2v) is 3.06. The summed E-state index contributed by atoms with van der Waals surface area (Å²) in [5.41, 5.74) is 2.36. The van der Waals surface area contributed by atoms with Gasteiger partial charge in [0.1, 0.15) is 0 Å². The Labute approximate surface area is 118 Å². The number of hydrogen-bond acceptors (Lipinski definition) is 0. The zero-order chi connectivity index (χ0) is 10.2. The van der Waals surface area contributed by atoms with Gasteiger partial charge in [0, 0.05) is 32.7 Å². The van der Waals surface area contributed by atoms with Gasteiger partial charge in [-0.2, -0.15) is 60.5 Å². The number of hydrogen-bond donors (Lipinski definition) is 0. The Kier molecular flexibility index (Phi) is 8.36. The van der Waals surface area contributed by atoms with Crippen molar-refractivity contribution in [3.8, 4) is 0 Å². The van der Waals surface area contributed by atoms with Gasteiger partial charge < -0.3 is 0 Å². The first-order chi connectivity index (χ1) is 6.79. The Morgan fingerprint density at radius 2 is 1.47 bits per heavy atom. The van der Waals surface area contributed by atoms with Crippen molar-refractivity contribution in [2.24, 2.45) is 0 Å². The Hall–Kier alpha value is -0.586. The molecule has 0 aromatic heterocycles. The molecule has 0 spiro atoms. The topological polar surface area (TPSA) is 0 Å². The van der Waals surface area contributed by atoms with Gasteiger partial charge in [-0.25, -0.2) is 0 Å². The van der Waals surface area contributed by atoms with E-state index in [1.807, 2.05) is 54.6 Å². The minimum Gasteiger partial charge on any atom is -0.199 e. The predicted molar refractivity (Wildman–Crippen MR) is 60.9 cm³/mol. The van der Waals surface area contributed by atoms with Crippen LogP contribution < -0.4 is 0 Å². The van der Waals surface area contributed by atoms with Crippen LogP contribution in [0.25, 0.3) is 0 Å². The molecule has 1 radical (unpaired) electrons. The molecule has 1 heteroatoms. The molecular weight excluding hydrogens is 257 g/mol. The largest absolute Gasteiger partial charge is 0.199 e. The van der Waals surface area contributed by atoms with E-state index in [9.17, 15) is 0 Å². The van der Waals surface area contributed by atoms with E-state index in [-0.39, 0.29) is 32.7 Å². The average molecular weight is 271 g/mol. The van der Waals surface area contributed by atoms with Gasteiger partial charge in [0.2, 0.25) is 0 Å². The fraction of sp³-hybridized carbons (Fsp3) is 0.0714. The van der Waals surface area contributed by atoms with Crippen molar-refractivity contribution in [1.29, 1.82) is 0 Å². The summed E-state index contributed by atoms with van der Waals surface area (Å²) in [5, 5.41) is 0. The molecule has 0 heterocycles. The van der Waals surface area contributed by atoms with Gasteiger partial charge >= 0.3 is 0 Å². The minimum atomic E-state index is 0. The third-order valence-corrected chi connectivity index (χ3v) is 1.73. The van der Waals surface area contributed by atoms with Gasteiger partial charge in [0.15, 0.2) is 0 Å². The van der Waals surface area contributed by atoms with Crippen LogP contribution >= 0.6 is 0 Å². The van der Waals surface area contributed by atoms with E-state index in [0.29, 0.717) is 0 Å². The molecule has 2 aromatic carbocycles. The molecule has 0 saturated carbocycles. The summed E-state index contributed by atoms with van der Waals surface area (Å²) in [4.78, 5) is 0. The van der Waals surface area contributed by atoms with Gasteiger partial charge in [0.05, 0.1) is 0 Å². The van der Waals surface area contributed by atoms with Crippen LogP contribution in [0.3, 0.4) is 0 Å². The molecule has 0 saturated heterocycles. The van der Waals surface area contributed by atoms with Crippen LogP contribution in [0.2, 0.25) is 0 Å². The van der Waals surface area contributed by atoms with E-state index in [1.165, 1.54) is 5.56 Å². The van der Waals surface area contributed by atoms with Crippen molar-refractivity contribution in [2.45, 2.75) is 6.92 Å². The molecular formula is C14H14Y-2. The van der Waals surface area contributed by atoms with Gasteiger partial charge in [-0.15, -0.1) is 12.1 Å². The first kappa shape index (κ1) is 14.4. The van der Waals surface area contributed by atoms with E-state index in [4.69, 9.17) is 0 Å². The maximum Gasteiger partial charge on any atom is 0 e. The van der Waals surface area contributed by atoms with Crippen molar-refractivity contribution in [3.63, 3.8) is 0 Å². The molecule has 15 heavy (non-hydrogen) atoms. The third-order valence-electron chi connectivity index (χ3n) is 1.73. The zero-order valence-corrected chi connectivity index (χ0v) is 11.8.